The van der Waals surface area contributed by atoms with Crippen LogP contribution in [0.1, 0.15) is 71.6 Å². The van der Waals surface area contributed by atoms with E-state index in [-0.39, 0.29) is 0 Å². The zero-order valence-corrected chi connectivity index (χ0v) is 10.8. The van der Waals surface area contributed by atoms with Gasteiger partial charge in [0.25, 0.3) is 5.97 Å². The molecule has 3 nitrogen and oxygen atoms in total. The summed E-state index contributed by atoms with van der Waals surface area (Å²) in [4.78, 5) is 0. The molecule has 0 aliphatic carbocycles. The molecule has 0 amide bonds. The Bertz CT molecular complexity index is 152. The van der Waals surface area contributed by atoms with Crippen LogP contribution in [-0.4, -0.2) is 21.3 Å². The second-order valence-electron chi connectivity index (χ2n) is 4.73. The van der Waals surface area contributed by atoms with Crippen LogP contribution in [0.2, 0.25) is 0 Å². The first-order valence-electron chi connectivity index (χ1n) is 6.69. The summed E-state index contributed by atoms with van der Waals surface area (Å²) in [6.45, 7) is 4.18. The first-order valence-corrected chi connectivity index (χ1v) is 6.69. The Balaban J connectivity index is 3.61. The summed E-state index contributed by atoms with van der Waals surface area (Å²) in [6, 6.07) is 0. The Kier molecular flexibility index (Phi) is 8.90. The van der Waals surface area contributed by atoms with Crippen molar-refractivity contribution >= 4 is 0 Å². The summed E-state index contributed by atoms with van der Waals surface area (Å²) < 4.78 is 0. The van der Waals surface area contributed by atoms with E-state index in [0.29, 0.717) is 12.8 Å². The van der Waals surface area contributed by atoms with Gasteiger partial charge in [0.2, 0.25) is 0 Å². The van der Waals surface area contributed by atoms with Crippen LogP contribution in [0.25, 0.3) is 0 Å². The molecule has 0 radical (unpaired) electrons. The van der Waals surface area contributed by atoms with Gasteiger partial charge in [-0.1, -0.05) is 58.8 Å². The number of rotatable bonds is 10. The van der Waals surface area contributed by atoms with Crippen molar-refractivity contribution in [3.63, 3.8) is 0 Å². The van der Waals surface area contributed by atoms with E-state index in [0.717, 1.165) is 19.3 Å². The Hall–Kier alpha value is -0.120. The molecule has 98 valence electrons. The molecule has 0 spiro atoms. The zero-order valence-electron chi connectivity index (χ0n) is 10.8. The standard InChI is InChI=1S/C13H28O3/c1-3-5-6-7-8-9-11-12(10-4-2)13(14,15)16/h12,14-16H,3-11H2,1-2H3. The van der Waals surface area contributed by atoms with Gasteiger partial charge in [0.1, 0.15) is 0 Å². The Morgan fingerprint density at radius 1 is 0.750 bits per heavy atom. The zero-order chi connectivity index (χ0) is 12.4. The Morgan fingerprint density at radius 3 is 1.81 bits per heavy atom. The lowest BCUT2D eigenvalue weighted by Crippen LogP contribution is -2.37. The smallest absolute Gasteiger partial charge is 0.278 e. The summed E-state index contributed by atoms with van der Waals surface area (Å²) in [5.41, 5.74) is 0. The highest BCUT2D eigenvalue weighted by Crippen LogP contribution is 2.24. The SMILES string of the molecule is CCCCCCCCC(CCC)C(O)(O)O. The van der Waals surface area contributed by atoms with Crippen LogP contribution in [0.4, 0.5) is 0 Å². The fourth-order valence-electron chi connectivity index (χ4n) is 2.05. The average Bonchev–Trinajstić information content (AvgIpc) is 2.20. The van der Waals surface area contributed by atoms with Gasteiger partial charge in [-0.2, -0.15) is 0 Å². The highest BCUT2D eigenvalue weighted by Gasteiger charge is 2.30. The van der Waals surface area contributed by atoms with Gasteiger partial charge in [-0.3, -0.25) is 0 Å². The maximum absolute atomic E-state index is 9.16. The molecule has 16 heavy (non-hydrogen) atoms. The van der Waals surface area contributed by atoms with Gasteiger partial charge in [-0.15, -0.1) is 0 Å². The molecule has 0 aromatic heterocycles. The van der Waals surface area contributed by atoms with Gasteiger partial charge >= 0.3 is 0 Å². The van der Waals surface area contributed by atoms with E-state index in [4.69, 9.17) is 15.3 Å². The van der Waals surface area contributed by atoms with Crippen LogP contribution < -0.4 is 0 Å². The van der Waals surface area contributed by atoms with Crippen LogP contribution in [-0.2, 0) is 0 Å². The second-order valence-corrected chi connectivity index (χ2v) is 4.73. The summed E-state index contributed by atoms with van der Waals surface area (Å²) >= 11 is 0. The van der Waals surface area contributed by atoms with E-state index in [1.54, 1.807) is 0 Å². The first kappa shape index (κ1) is 15.9. The van der Waals surface area contributed by atoms with Gasteiger partial charge in [-0.25, -0.2) is 0 Å². The molecule has 0 aromatic carbocycles. The topological polar surface area (TPSA) is 60.7 Å². The minimum absolute atomic E-state index is 0.399. The van der Waals surface area contributed by atoms with Crippen LogP contribution >= 0.6 is 0 Å². The molecule has 0 saturated carbocycles. The van der Waals surface area contributed by atoms with Crippen LogP contribution in [0, 0.1) is 5.92 Å². The normalized spacial score (nSPS) is 14.1. The highest BCUT2D eigenvalue weighted by molar-refractivity contribution is 4.65. The first-order chi connectivity index (χ1) is 7.52. The van der Waals surface area contributed by atoms with Gasteiger partial charge in [0.05, 0.1) is 0 Å². The largest absolute Gasteiger partial charge is 0.343 e. The van der Waals surface area contributed by atoms with Crippen molar-refractivity contribution in [1.29, 1.82) is 0 Å². The van der Waals surface area contributed by atoms with Crippen molar-refractivity contribution in [2.24, 2.45) is 5.92 Å². The molecule has 0 aliphatic rings. The Morgan fingerprint density at radius 2 is 1.31 bits per heavy atom. The molecule has 0 rings (SSSR count). The van der Waals surface area contributed by atoms with Crippen molar-refractivity contribution in [2.75, 3.05) is 0 Å². The monoisotopic (exact) mass is 232 g/mol. The van der Waals surface area contributed by atoms with E-state index >= 15 is 0 Å². The maximum Gasteiger partial charge on any atom is 0.278 e. The third-order valence-corrected chi connectivity index (χ3v) is 3.09. The molecule has 0 fully saturated rings. The van der Waals surface area contributed by atoms with Crippen molar-refractivity contribution in [3.05, 3.63) is 0 Å². The van der Waals surface area contributed by atoms with Gasteiger partial charge in [-0.05, 0) is 12.8 Å². The number of aliphatic hydroxyl groups is 3. The predicted octanol–water partition coefficient (Wildman–Crippen LogP) is 2.78. The lowest BCUT2D eigenvalue weighted by molar-refractivity contribution is -0.344. The summed E-state index contributed by atoms with van der Waals surface area (Å²) in [5.74, 6) is -2.89. The molecule has 0 bridgehead atoms. The fourth-order valence-corrected chi connectivity index (χ4v) is 2.05. The minimum atomic E-state index is -2.49. The maximum atomic E-state index is 9.16. The van der Waals surface area contributed by atoms with Gasteiger partial charge < -0.3 is 15.3 Å². The summed E-state index contributed by atoms with van der Waals surface area (Å²) in [5, 5.41) is 27.5. The molecule has 1 unspecified atom stereocenters. The van der Waals surface area contributed by atoms with Gasteiger partial charge in [0, 0.05) is 5.92 Å². The lowest BCUT2D eigenvalue weighted by atomic mass is 9.94. The highest BCUT2D eigenvalue weighted by atomic mass is 16.7. The molecule has 3 heteroatoms. The van der Waals surface area contributed by atoms with E-state index in [1.807, 2.05) is 6.92 Å². The van der Waals surface area contributed by atoms with Crippen LogP contribution in [0.15, 0.2) is 0 Å². The summed E-state index contributed by atoms with van der Waals surface area (Å²) in [7, 11) is 0. The molecular formula is C13H28O3. The van der Waals surface area contributed by atoms with E-state index < -0.39 is 11.9 Å². The second kappa shape index (κ2) is 8.97. The molecule has 1 atom stereocenters. The number of hydrogen-bond donors (Lipinski definition) is 3. The number of hydrogen-bond acceptors (Lipinski definition) is 3. The predicted molar refractivity (Wildman–Crippen MR) is 65.8 cm³/mol. The van der Waals surface area contributed by atoms with Crippen molar-refractivity contribution in [3.8, 4) is 0 Å². The van der Waals surface area contributed by atoms with E-state index in [1.165, 1.54) is 25.7 Å². The molecular weight excluding hydrogens is 204 g/mol. The van der Waals surface area contributed by atoms with Crippen molar-refractivity contribution in [2.45, 2.75) is 77.6 Å². The molecule has 3 N–H and O–H groups in total. The van der Waals surface area contributed by atoms with Crippen LogP contribution in [0.3, 0.4) is 0 Å². The summed E-state index contributed by atoms with van der Waals surface area (Å²) in [6.07, 6.45) is 9.31. The van der Waals surface area contributed by atoms with E-state index in [9.17, 15) is 0 Å². The quantitative estimate of drug-likeness (QED) is 0.401. The Labute approximate surface area is 99.5 Å². The van der Waals surface area contributed by atoms with E-state index in [2.05, 4.69) is 6.92 Å². The molecule has 0 aliphatic heterocycles. The van der Waals surface area contributed by atoms with Crippen molar-refractivity contribution in [1.82, 2.24) is 0 Å². The average molecular weight is 232 g/mol. The minimum Gasteiger partial charge on any atom is -0.343 e. The molecule has 0 saturated heterocycles. The molecule has 0 heterocycles. The van der Waals surface area contributed by atoms with Crippen LogP contribution in [0.5, 0.6) is 0 Å². The molecule has 0 aromatic rings. The third kappa shape index (κ3) is 8.08. The van der Waals surface area contributed by atoms with Gasteiger partial charge in [0.15, 0.2) is 0 Å². The fraction of sp³-hybridized carbons (Fsp3) is 1.00. The van der Waals surface area contributed by atoms with Crippen molar-refractivity contribution < 1.29 is 15.3 Å². The lowest BCUT2D eigenvalue weighted by Gasteiger charge is -2.25. The third-order valence-electron chi connectivity index (χ3n) is 3.09. The number of unbranched alkanes of at least 4 members (excludes halogenated alkanes) is 5.